The topological polar surface area (TPSA) is 40.6 Å². The summed E-state index contributed by atoms with van der Waals surface area (Å²) >= 11 is 0. The molecule has 1 aliphatic heterocycles. The van der Waals surface area contributed by atoms with Crippen molar-refractivity contribution in [1.82, 2.24) is 9.80 Å². The number of aryl methyl sites for hydroxylation is 1. The number of carbonyl (C=O) groups is 2. The first kappa shape index (κ1) is 17.5. The SMILES string of the molecule is CCCCc1ccc(C(=O)N2CCN(C(=O)C(C)C)CC2)cc1. The number of hydrogen-bond donors (Lipinski definition) is 0. The third kappa shape index (κ3) is 4.57. The van der Waals surface area contributed by atoms with E-state index in [1.165, 1.54) is 18.4 Å². The molecule has 1 aromatic carbocycles. The first-order valence-electron chi connectivity index (χ1n) is 8.70. The largest absolute Gasteiger partial charge is 0.339 e. The Labute approximate surface area is 139 Å². The van der Waals surface area contributed by atoms with Crippen LogP contribution in [0, 0.1) is 5.92 Å². The van der Waals surface area contributed by atoms with E-state index in [1.54, 1.807) is 0 Å². The number of hydrogen-bond acceptors (Lipinski definition) is 2. The van der Waals surface area contributed by atoms with Crippen LogP contribution in [0.25, 0.3) is 0 Å². The lowest BCUT2D eigenvalue weighted by atomic mass is 10.1. The molecule has 2 rings (SSSR count). The molecule has 0 bridgehead atoms. The monoisotopic (exact) mass is 316 g/mol. The lowest BCUT2D eigenvalue weighted by molar-refractivity contribution is -0.135. The summed E-state index contributed by atoms with van der Waals surface area (Å²) in [6.45, 7) is 8.53. The summed E-state index contributed by atoms with van der Waals surface area (Å²) in [5.74, 6) is 0.272. The van der Waals surface area contributed by atoms with Crippen LogP contribution in [-0.2, 0) is 11.2 Å². The van der Waals surface area contributed by atoms with Crippen LogP contribution in [-0.4, -0.2) is 47.8 Å². The van der Waals surface area contributed by atoms with E-state index in [4.69, 9.17) is 0 Å². The Bertz CT molecular complexity index is 529. The highest BCUT2D eigenvalue weighted by Gasteiger charge is 2.25. The Morgan fingerprint density at radius 2 is 1.57 bits per heavy atom. The van der Waals surface area contributed by atoms with E-state index in [-0.39, 0.29) is 17.7 Å². The zero-order valence-corrected chi connectivity index (χ0v) is 14.5. The van der Waals surface area contributed by atoms with Crippen LogP contribution in [0.15, 0.2) is 24.3 Å². The molecular formula is C19H28N2O2. The fourth-order valence-corrected chi connectivity index (χ4v) is 2.87. The first-order chi connectivity index (χ1) is 11.0. The molecule has 0 N–H and O–H groups in total. The molecule has 0 saturated carbocycles. The van der Waals surface area contributed by atoms with E-state index in [1.807, 2.05) is 35.8 Å². The molecule has 0 atom stereocenters. The van der Waals surface area contributed by atoms with E-state index in [0.717, 1.165) is 12.0 Å². The fraction of sp³-hybridized carbons (Fsp3) is 0.579. The second-order valence-corrected chi connectivity index (χ2v) is 6.57. The van der Waals surface area contributed by atoms with E-state index >= 15 is 0 Å². The second kappa shape index (κ2) is 8.14. The highest BCUT2D eigenvalue weighted by atomic mass is 16.2. The highest BCUT2D eigenvalue weighted by molar-refractivity contribution is 5.94. The zero-order valence-electron chi connectivity index (χ0n) is 14.5. The third-order valence-corrected chi connectivity index (χ3v) is 4.39. The Balaban J connectivity index is 1.90. The van der Waals surface area contributed by atoms with Gasteiger partial charge < -0.3 is 9.80 Å². The van der Waals surface area contributed by atoms with E-state index in [9.17, 15) is 9.59 Å². The molecule has 0 aliphatic carbocycles. The highest BCUT2D eigenvalue weighted by Crippen LogP contribution is 2.13. The van der Waals surface area contributed by atoms with Crippen LogP contribution in [0.5, 0.6) is 0 Å². The minimum atomic E-state index is 0.0212. The summed E-state index contributed by atoms with van der Waals surface area (Å²) < 4.78 is 0. The third-order valence-electron chi connectivity index (χ3n) is 4.39. The number of piperazine rings is 1. The lowest BCUT2D eigenvalue weighted by Gasteiger charge is -2.35. The van der Waals surface area contributed by atoms with Gasteiger partial charge in [0, 0.05) is 37.7 Å². The van der Waals surface area contributed by atoms with Crippen molar-refractivity contribution in [1.29, 1.82) is 0 Å². The van der Waals surface area contributed by atoms with Crippen molar-refractivity contribution >= 4 is 11.8 Å². The normalized spacial score (nSPS) is 15.1. The fourth-order valence-electron chi connectivity index (χ4n) is 2.87. The van der Waals surface area contributed by atoms with Crippen molar-refractivity contribution < 1.29 is 9.59 Å². The summed E-state index contributed by atoms with van der Waals surface area (Å²) in [7, 11) is 0. The van der Waals surface area contributed by atoms with Gasteiger partial charge in [-0.25, -0.2) is 0 Å². The van der Waals surface area contributed by atoms with Crippen molar-refractivity contribution in [2.75, 3.05) is 26.2 Å². The number of rotatable bonds is 5. The number of unbranched alkanes of at least 4 members (excludes halogenated alkanes) is 1. The summed E-state index contributed by atoms with van der Waals surface area (Å²) in [5, 5.41) is 0. The molecule has 1 fully saturated rings. The number of benzene rings is 1. The van der Waals surface area contributed by atoms with Crippen LogP contribution in [0.3, 0.4) is 0 Å². The van der Waals surface area contributed by atoms with Gasteiger partial charge in [0.05, 0.1) is 0 Å². The van der Waals surface area contributed by atoms with Crippen LogP contribution in [0.1, 0.15) is 49.5 Å². The summed E-state index contributed by atoms with van der Waals surface area (Å²) in [6, 6.07) is 7.97. The molecule has 0 spiro atoms. The van der Waals surface area contributed by atoms with Gasteiger partial charge in [-0.2, -0.15) is 0 Å². The molecule has 4 heteroatoms. The average molecular weight is 316 g/mol. The molecule has 4 nitrogen and oxygen atoms in total. The van der Waals surface area contributed by atoms with Gasteiger partial charge in [-0.1, -0.05) is 39.3 Å². The van der Waals surface area contributed by atoms with Crippen molar-refractivity contribution in [2.24, 2.45) is 5.92 Å². The molecule has 0 radical (unpaired) electrons. The Kier molecular flexibility index (Phi) is 6.20. The quantitative estimate of drug-likeness (QED) is 0.838. The van der Waals surface area contributed by atoms with Gasteiger partial charge in [-0.3, -0.25) is 9.59 Å². The smallest absolute Gasteiger partial charge is 0.253 e. The van der Waals surface area contributed by atoms with Crippen LogP contribution < -0.4 is 0 Å². The van der Waals surface area contributed by atoms with Gasteiger partial charge in [-0.15, -0.1) is 0 Å². The van der Waals surface area contributed by atoms with Crippen molar-refractivity contribution in [3.05, 3.63) is 35.4 Å². The van der Waals surface area contributed by atoms with Gasteiger partial charge in [0.15, 0.2) is 0 Å². The molecule has 1 aliphatic rings. The van der Waals surface area contributed by atoms with Gasteiger partial charge >= 0.3 is 0 Å². The van der Waals surface area contributed by atoms with Gasteiger partial charge in [-0.05, 0) is 30.5 Å². The van der Waals surface area contributed by atoms with E-state index in [0.29, 0.717) is 26.2 Å². The molecule has 0 unspecified atom stereocenters. The Hall–Kier alpha value is -1.84. The van der Waals surface area contributed by atoms with Crippen molar-refractivity contribution in [3.8, 4) is 0 Å². The van der Waals surface area contributed by atoms with Gasteiger partial charge in [0.2, 0.25) is 5.91 Å². The van der Waals surface area contributed by atoms with Crippen molar-refractivity contribution in [2.45, 2.75) is 40.0 Å². The predicted octanol–water partition coefficient (Wildman–Crippen LogP) is 2.97. The standard InChI is InChI=1S/C19H28N2O2/c1-4-5-6-16-7-9-17(10-8-16)19(23)21-13-11-20(12-14-21)18(22)15(2)3/h7-10,15H,4-6,11-14H2,1-3H3. The molecule has 0 aromatic heterocycles. The first-order valence-corrected chi connectivity index (χ1v) is 8.70. The maximum Gasteiger partial charge on any atom is 0.253 e. The molecule has 1 saturated heterocycles. The number of nitrogens with zero attached hydrogens (tertiary/aromatic N) is 2. The minimum Gasteiger partial charge on any atom is -0.339 e. The number of amides is 2. The maximum absolute atomic E-state index is 12.6. The van der Waals surface area contributed by atoms with Crippen molar-refractivity contribution in [3.63, 3.8) is 0 Å². The summed E-state index contributed by atoms with van der Waals surface area (Å²) in [5.41, 5.74) is 2.03. The Morgan fingerprint density at radius 3 is 2.09 bits per heavy atom. The molecule has 1 aromatic rings. The molecule has 1 heterocycles. The zero-order chi connectivity index (χ0) is 16.8. The molecule has 2 amide bonds. The lowest BCUT2D eigenvalue weighted by Crippen LogP contribution is -2.51. The van der Waals surface area contributed by atoms with Crippen LogP contribution >= 0.6 is 0 Å². The summed E-state index contributed by atoms with van der Waals surface area (Å²) in [4.78, 5) is 28.3. The molecule has 126 valence electrons. The van der Waals surface area contributed by atoms with Gasteiger partial charge in [0.25, 0.3) is 5.91 Å². The van der Waals surface area contributed by atoms with Gasteiger partial charge in [0.1, 0.15) is 0 Å². The van der Waals surface area contributed by atoms with Crippen LogP contribution in [0.2, 0.25) is 0 Å². The maximum atomic E-state index is 12.6. The van der Waals surface area contributed by atoms with E-state index in [2.05, 4.69) is 19.1 Å². The molecule has 23 heavy (non-hydrogen) atoms. The summed E-state index contributed by atoms with van der Waals surface area (Å²) in [6.07, 6.45) is 3.43. The van der Waals surface area contributed by atoms with Crippen LogP contribution in [0.4, 0.5) is 0 Å². The molecular weight excluding hydrogens is 288 g/mol. The minimum absolute atomic E-state index is 0.0212. The van der Waals surface area contributed by atoms with E-state index < -0.39 is 0 Å². The second-order valence-electron chi connectivity index (χ2n) is 6.57. The Morgan fingerprint density at radius 1 is 1.00 bits per heavy atom. The predicted molar refractivity (Wildman–Crippen MR) is 92.4 cm³/mol. The average Bonchev–Trinajstić information content (AvgIpc) is 2.59. The number of carbonyl (C=O) groups excluding carboxylic acids is 2.